The average molecular weight is 320 g/mol. The number of rotatable bonds is 6. The lowest BCUT2D eigenvalue weighted by molar-refractivity contribution is 0.630. The highest BCUT2D eigenvalue weighted by Gasteiger charge is 2.13. The molecule has 2 aromatic rings. The number of thioether (sulfide) groups is 1. The van der Waals surface area contributed by atoms with Crippen molar-refractivity contribution in [3.63, 3.8) is 0 Å². The van der Waals surface area contributed by atoms with Crippen LogP contribution in [0.5, 0.6) is 0 Å². The van der Waals surface area contributed by atoms with Gasteiger partial charge in [0.05, 0.1) is 6.04 Å². The van der Waals surface area contributed by atoms with Crippen LogP contribution in [0.1, 0.15) is 36.6 Å². The Kier molecular flexibility index (Phi) is 6.16. The molecule has 0 fully saturated rings. The molecule has 2 rings (SSSR count). The minimum Gasteiger partial charge on any atom is -0.307 e. The monoisotopic (exact) mass is 319 g/mol. The van der Waals surface area contributed by atoms with E-state index in [0.29, 0.717) is 0 Å². The summed E-state index contributed by atoms with van der Waals surface area (Å²) in [5, 5.41) is 4.38. The van der Waals surface area contributed by atoms with Gasteiger partial charge in [-0.15, -0.1) is 11.8 Å². The van der Waals surface area contributed by atoms with E-state index >= 15 is 0 Å². The molecule has 21 heavy (non-hydrogen) atoms. The lowest BCUT2D eigenvalue weighted by Gasteiger charge is -2.20. The largest absolute Gasteiger partial charge is 0.307 e. The maximum absolute atomic E-state index is 6.28. The predicted octanol–water partition coefficient (Wildman–Crippen LogP) is 5.46. The molecule has 1 atom stereocenters. The van der Waals surface area contributed by atoms with Crippen LogP contribution < -0.4 is 5.32 Å². The molecule has 1 N–H and O–H groups in total. The molecular formula is C18H22ClNS. The number of hydrogen-bond acceptors (Lipinski definition) is 2. The van der Waals surface area contributed by atoms with Crippen molar-refractivity contribution < 1.29 is 0 Å². The summed E-state index contributed by atoms with van der Waals surface area (Å²) in [6.07, 6.45) is 0. The Morgan fingerprint density at radius 1 is 1.05 bits per heavy atom. The minimum absolute atomic E-state index is 0.189. The van der Waals surface area contributed by atoms with Crippen LogP contribution >= 0.6 is 23.4 Å². The second-order valence-electron chi connectivity index (χ2n) is 5.00. The van der Waals surface area contributed by atoms with Crippen molar-refractivity contribution >= 4 is 23.4 Å². The third-order valence-corrected chi connectivity index (χ3v) is 4.76. The summed E-state index contributed by atoms with van der Waals surface area (Å²) >= 11 is 8.15. The van der Waals surface area contributed by atoms with E-state index in [1.807, 2.05) is 18.7 Å². The van der Waals surface area contributed by atoms with Gasteiger partial charge in [-0.2, -0.15) is 0 Å². The summed E-state index contributed by atoms with van der Waals surface area (Å²) in [4.78, 5) is 1.32. The number of hydrogen-bond donors (Lipinski definition) is 1. The molecule has 0 saturated heterocycles. The van der Waals surface area contributed by atoms with Gasteiger partial charge in [-0.05, 0) is 54.1 Å². The highest BCUT2D eigenvalue weighted by atomic mass is 35.5. The maximum atomic E-state index is 6.28. The topological polar surface area (TPSA) is 12.0 Å². The number of halogens is 1. The van der Waals surface area contributed by atoms with Crippen molar-refractivity contribution in [2.45, 2.75) is 31.7 Å². The molecule has 0 amide bonds. The van der Waals surface area contributed by atoms with Crippen LogP contribution in [-0.2, 0) is 0 Å². The molecular weight excluding hydrogens is 298 g/mol. The van der Waals surface area contributed by atoms with Crippen molar-refractivity contribution in [2.24, 2.45) is 0 Å². The molecule has 112 valence electrons. The van der Waals surface area contributed by atoms with Gasteiger partial charge in [0.25, 0.3) is 0 Å². The lowest BCUT2D eigenvalue weighted by atomic mass is 9.98. The van der Waals surface area contributed by atoms with Gasteiger partial charge in [-0.25, -0.2) is 0 Å². The molecule has 0 saturated carbocycles. The fourth-order valence-corrected chi connectivity index (χ4v) is 3.19. The third kappa shape index (κ3) is 4.26. The zero-order valence-electron chi connectivity index (χ0n) is 12.8. The Hall–Kier alpha value is -0.960. The molecule has 0 bridgehead atoms. The Balaban J connectivity index is 2.31. The van der Waals surface area contributed by atoms with E-state index in [9.17, 15) is 0 Å². The van der Waals surface area contributed by atoms with Crippen molar-refractivity contribution in [2.75, 3.05) is 12.3 Å². The zero-order chi connectivity index (χ0) is 15.2. The van der Waals surface area contributed by atoms with Gasteiger partial charge in [0.1, 0.15) is 0 Å². The number of nitrogens with one attached hydrogen (secondary N) is 1. The van der Waals surface area contributed by atoms with E-state index in [0.717, 1.165) is 22.9 Å². The summed E-state index contributed by atoms with van der Waals surface area (Å²) < 4.78 is 0. The van der Waals surface area contributed by atoms with Crippen LogP contribution in [-0.4, -0.2) is 12.3 Å². The lowest BCUT2D eigenvalue weighted by Crippen LogP contribution is -2.22. The highest BCUT2D eigenvalue weighted by molar-refractivity contribution is 7.99. The molecule has 1 unspecified atom stereocenters. The summed E-state index contributed by atoms with van der Waals surface area (Å²) in [5.74, 6) is 1.10. The van der Waals surface area contributed by atoms with Gasteiger partial charge in [-0.1, -0.05) is 49.7 Å². The first-order chi connectivity index (χ1) is 10.2. The second-order valence-corrected chi connectivity index (χ2v) is 6.75. The van der Waals surface area contributed by atoms with Gasteiger partial charge in [-0.3, -0.25) is 0 Å². The van der Waals surface area contributed by atoms with Gasteiger partial charge in [0, 0.05) is 9.92 Å². The van der Waals surface area contributed by atoms with Crippen molar-refractivity contribution in [1.29, 1.82) is 0 Å². The summed E-state index contributed by atoms with van der Waals surface area (Å²) in [6, 6.07) is 15.3. The molecule has 0 radical (unpaired) electrons. The van der Waals surface area contributed by atoms with Crippen LogP contribution in [0.2, 0.25) is 5.02 Å². The van der Waals surface area contributed by atoms with Crippen molar-refractivity contribution in [3.05, 3.63) is 64.2 Å². The Bertz CT molecular complexity index is 580. The van der Waals surface area contributed by atoms with Crippen LogP contribution in [0, 0.1) is 6.92 Å². The molecule has 0 aliphatic carbocycles. The van der Waals surface area contributed by atoms with E-state index in [1.165, 1.54) is 16.0 Å². The summed E-state index contributed by atoms with van der Waals surface area (Å²) in [7, 11) is 0. The van der Waals surface area contributed by atoms with Crippen LogP contribution in [0.4, 0.5) is 0 Å². The first kappa shape index (κ1) is 16.4. The van der Waals surface area contributed by atoms with Gasteiger partial charge in [0.2, 0.25) is 0 Å². The van der Waals surface area contributed by atoms with Crippen LogP contribution in [0.15, 0.2) is 47.4 Å². The van der Waals surface area contributed by atoms with Crippen LogP contribution in [0.3, 0.4) is 0 Å². The van der Waals surface area contributed by atoms with Gasteiger partial charge in [0.15, 0.2) is 0 Å². The normalized spacial score (nSPS) is 12.4. The Labute approximate surface area is 137 Å². The molecule has 2 aromatic carbocycles. The molecule has 0 aliphatic rings. The standard InChI is InChI=1S/C18H22ClNS/c1-4-20-18(15-7-6-13(3)17(19)12-15)14-8-10-16(11-9-14)21-5-2/h6-12,18,20H,4-5H2,1-3H3. The van der Waals surface area contributed by atoms with E-state index in [-0.39, 0.29) is 6.04 Å². The Morgan fingerprint density at radius 3 is 2.29 bits per heavy atom. The van der Waals surface area contributed by atoms with Crippen LogP contribution in [0.25, 0.3) is 0 Å². The fraction of sp³-hybridized carbons (Fsp3) is 0.333. The summed E-state index contributed by atoms with van der Waals surface area (Å²) in [6.45, 7) is 7.26. The predicted molar refractivity (Wildman–Crippen MR) is 94.5 cm³/mol. The quantitative estimate of drug-likeness (QED) is 0.710. The first-order valence-corrected chi connectivity index (χ1v) is 8.74. The second kappa shape index (κ2) is 7.88. The van der Waals surface area contributed by atoms with Gasteiger partial charge >= 0.3 is 0 Å². The fourth-order valence-electron chi connectivity index (χ4n) is 2.34. The molecule has 0 heterocycles. The smallest absolute Gasteiger partial charge is 0.0577 e. The number of aryl methyl sites for hydroxylation is 1. The molecule has 0 aliphatic heterocycles. The van der Waals surface area contributed by atoms with E-state index in [4.69, 9.17) is 11.6 Å². The van der Waals surface area contributed by atoms with E-state index in [1.54, 1.807) is 0 Å². The molecule has 3 heteroatoms. The first-order valence-electron chi connectivity index (χ1n) is 7.37. The Morgan fingerprint density at radius 2 is 1.71 bits per heavy atom. The van der Waals surface area contributed by atoms with Crippen molar-refractivity contribution in [3.8, 4) is 0 Å². The zero-order valence-corrected chi connectivity index (χ0v) is 14.4. The SMILES string of the molecule is CCNC(c1ccc(SCC)cc1)c1ccc(C)c(Cl)c1. The molecule has 0 spiro atoms. The number of benzene rings is 2. The average Bonchev–Trinajstić information content (AvgIpc) is 2.49. The van der Waals surface area contributed by atoms with Crippen molar-refractivity contribution in [1.82, 2.24) is 5.32 Å². The molecule has 0 aromatic heterocycles. The molecule has 1 nitrogen and oxygen atoms in total. The van der Waals surface area contributed by atoms with Gasteiger partial charge < -0.3 is 5.32 Å². The maximum Gasteiger partial charge on any atom is 0.0577 e. The third-order valence-electron chi connectivity index (χ3n) is 3.46. The summed E-state index contributed by atoms with van der Waals surface area (Å²) in [5.41, 5.74) is 3.60. The van der Waals surface area contributed by atoms with E-state index < -0.39 is 0 Å². The van der Waals surface area contributed by atoms with E-state index in [2.05, 4.69) is 61.6 Å². The minimum atomic E-state index is 0.189. The highest BCUT2D eigenvalue weighted by Crippen LogP contribution is 2.28.